The van der Waals surface area contributed by atoms with Crippen LogP contribution in [0.2, 0.25) is 0 Å². The van der Waals surface area contributed by atoms with E-state index < -0.39 is 11.4 Å². The number of carbonyl (C=O) groups excluding carboxylic acids is 1. The minimum Gasteiger partial charge on any atom is -0.481 e. The van der Waals surface area contributed by atoms with Gasteiger partial charge in [-0.1, -0.05) is 6.92 Å². The molecule has 110 valence electrons. The molecule has 0 aromatic heterocycles. The molecule has 0 spiro atoms. The Kier molecular flexibility index (Phi) is 5.17. The zero-order chi connectivity index (χ0) is 14.6. The van der Waals surface area contributed by atoms with Crippen LogP contribution in [0.4, 0.5) is 4.79 Å². The molecule has 1 aliphatic rings. The highest BCUT2D eigenvalue weighted by Crippen LogP contribution is 2.14. The average molecular weight is 271 g/mol. The fourth-order valence-corrected chi connectivity index (χ4v) is 2.13. The Labute approximate surface area is 114 Å². The number of hydrogen-bond acceptors (Lipinski definition) is 3. The Hall–Kier alpha value is -1.30. The van der Waals surface area contributed by atoms with Gasteiger partial charge in [-0.25, -0.2) is 4.79 Å². The first kappa shape index (κ1) is 15.8. The summed E-state index contributed by atoms with van der Waals surface area (Å²) in [5.41, 5.74) is -0.938. The highest BCUT2D eigenvalue weighted by molar-refractivity contribution is 5.77. The van der Waals surface area contributed by atoms with Crippen LogP contribution >= 0.6 is 0 Å². The van der Waals surface area contributed by atoms with E-state index in [-0.39, 0.29) is 12.6 Å². The number of piperazine rings is 1. The third-order valence-corrected chi connectivity index (χ3v) is 3.72. The minimum absolute atomic E-state index is 0.142. The fourth-order valence-electron chi connectivity index (χ4n) is 2.13. The lowest BCUT2D eigenvalue weighted by Gasteiger charge is -2.39. The molecular weight excluding hydrogens is 246 g/mol. The topological polar surface area (TPSA) is 72.9 Å². The zero-order valence-corrected chi connectivity index (χ0v) is 12.3. The van der Waals surface area contributed by atoms with E-state index in [4.69, 9.17) is 5.11 Å². The highest BCUT2D eigenvalue weighted by atomic mass is 16.4. The molecule has 0 aromatic carbocycles. The van der Waals surface area contributed by atoms with Gasteiger partial charge < -0.3 is 15.3 Å². The lowest BCUT2D eigenvalue weighted by Crippen LogP contribution is -2.56. The van der Waals surface area contributed by atoms with E-state index in [9.17, 15) is 9.59 Å². The maximum Gasteiger partial charge on any atom is 0.317 e. The summed E-state index contributed by atoms with van der Waals surface area (Å²) < 4.78 is 0. The largest absolute Gasteiger partial charge is 0.481 e. The van der Waals surface area contributed by atoms with Crippen molar-refractivity contribution in [1.29, 1.82) is 0 Å². The van der Waals surface area contributed by atoms with Gasteiger partial charge in [-0.05, 0) is 27.3 Å². The van der Waals surface area contributed by atoms with Crippen LogP contribution < -0.4 is 5.32 Å². The molecule has 0 aliphatic carbocycles. The summed E-state index contributed by atoms with van der Waals surface area (Å²) in [4.78, 5) is 27.1. The average Bonchev–Trinajstić information content (AvgIpc) is 2.35. The number of carbonyl (C=O) groups is 2. The Morgan fingerprint density at radius 3 is 2.47 bits per heavy atom. The molecule has 0 bridgehead atoms. The standard InChI is InChI=1S/C13H25N3O3/c1-5-15-6-7-16(8-10(15)2)12(19)14-9-13(3,4)11(17)18/h10H,5-9H2,1-4H3,(H,14,19)(H,17,18). The zero-order valence-electron chi connectivity index (χ0n) is 12.3. The van der Waals surface area contributed by atoms with Crippen LogP contribution in [0.5, 0.6) is 0 Å². The molecule has 6 nitrogen and oxygen atoms in total. The van der Waals surface area contributed by atoms with Crippen LogP contribution in [0.15, 0.2) is 0 Å². The lowest BCUT2D eigenvalue weighted by molar-refractivity contribution is -0.146. The predicted molar refractivity (Wildman–Crippen MR) is 73.1 cm³/mol. The van der Waals surface area contributed by atoms with Crippen molar-refractivity contribution < 1.29 is 14.7 Å². The van der Waals surface area contributed by atoms with E-state index in [1.54, 1.807) is 18.7 Å². The number of carboxylic acids is 1. The van der Waals surface area contributed by atoms with E-state index in [2.05, 4.69) is 24.1 Å². The predicted octanol–water partition coefficient (Wildman–Crippen LogP) is 0.833. The van der Waals surface area contributed by atoms with Gasteiger partial charge in [0.2, 0.25) is 0 Å². The van der Waals surface area contributed by atoms with Crippen molar-refractivity contribution in [3.05, 3.63) is 0 Å². The van der Waals surface area contributed by atoms with Crippen molar-refractivity contribution in [3.63, 3.8) is 0 Å². The summed E-state index contributed by atoms with van der Waals surface area (Å²) in [5, 5.41) is 11.7. The molecule has 1 unspecified atom stereocenters. The number of carboxylic acid groups (broad SMARTS) is 1. The minimum atomic E-state index is -0.938. The lowest BCUT2D eigenvalue weighted by atomic mass is 9.94. The molecular formula is C13H25N3O3. The van der Waals surface area contributed by atoms with Crippen molar-refractivity contribution in [2.75, 3.05) is 32.7 Å². The maximum absolute atomic E-state index is 12.0. The summed E-state index contributed by atoms with van der Waals surface area (Å²) >= 11 is 0. The van der Waals surface area contributed by atoms with E-state index >= 15 is 0 Å². The SMILES string of the molecule is CCN1CCN(C(=O)NCC(C)(C)C(=O)O)CC1C. The normalized spacial score (nSPS) is 21.3. The van der Waals surface area contributed by atoms with Gasteiger partial charge in [-0.15, -0.1) is 0 Å². The van der Waals surface area contributed by atoms with E-state index in [0.29, 0.717) is 19.1 Å². The molecule has 19 heavy (non-hydrogen) atoms. The Balaban J connectivity index is 2.45. The molecule has 0 saturated carbocycles. The molecule has 2 N–H and O–H groups in total. The number of hydrogen-bond donors (Lipinski definition) is 2. The molecule has 1 rings (SSSR count). The molecule has 1 heterocycles. The third kappa shape index (κ3) is 4.09. The maximum atomic E-state index is 12.0. The number of urea groups is 1. The highest BCUT2D eigenvalue weighted by Gasteiger charge is 2.30. The number of nitrogens with one attached hydrogen (secondary N) is 1. The first-order chi connectivity index (χ1) is 8.77. The second-order valence-corrected chi connectivity index (χ2v) is 5.77. The van der Waals surface area contributed by atoms with Gasteiger partial charge in [0.15, 0.2) is 0 Å². The van der Waals surface area contributed by atoms with Gasteiger partial charge in [0.25, 0.3) is 0 Å². The number of rotatable bonds is 4. The molecule has 6 heteroatoms. The van der Waals surface area contributed by atoms with Crippen molar-refractivity contribution in [2.24, 2.45) is 5.41 Å². The van der Waals surface area contributed by atoms with E-state index in [1.807, 2.05) is 0 Å². The molecule has 0 aromatic rings. The number of aliphatic carboxylic acids is 1. The Morgan fingerprint density at radius 2 is 2.00 bits per heavy atom. The van der Waals surface area contributed by atoms with Crippen molar-refractivity contribution in [1.82, 2.24) is 15.1 Å². The van der Waals surface area contributed by atoms with Gasteiger partial charge in [0.05, 0.1) is 5.41 Å². The van der Waals surface area contributed by atoms with Crippen LogP contribution in [0.1, 0.15) is 27.7 Å². The Bertz CT molecular complexity index is 344. The summed E-state index contributed by atoms with van der Waals surface area (Å²) in [6, 6.07) is 0.175. The van der Waals surface area contributed by atoms with Gasteiger partial charge in [-0.2, -0.15) is 0 Å². The molecule has 1 fully saturated rings. The van der Waals surface area contributed by atoms with Gasteiger partial charge in [0, 0.05) is 32.2 Å². The van der Waals surface area contributed by atoms with Gasteiger partial charge in [0.1, 0.15) is 0 Å². The van der Waals surface area contributed by atoms with Crippen LogP contribution in [-0.2, 0) is 4.79 Å². The smallest absolute Gasteiger partial charge is 0.317 e. The van der Waals surface area contributed by atoms with Crippen LogP contribution in [0.25, 0.3) is 0 Å². The van der Waals surface area contributed by atoms with Crippen LogP contribution in [0.3, 0.4) is 0 Å². The first-order valence-corrected chi connectivity index (χ1v) is 6.78. The first-order valence-electron chi connectivity index (χ1n) is 6.78. The number of likely N-dealkylation sites (N-methyl/N-ethyl adjacent to an activating group) is 1. The van der Waals surface area contributed by atoms with Crippen molar-refractivity contribution in [3.8, 4) is 0 Å². The molecule has 2 amide bonds. The van der Waals surface area contributed by atoms with E-state index in [0.717, 1.165) is 13.1 Å². The molecule has 0 radical (unpaired) electrons. The van der Waals surface area contributed by atoms with Crippen LogP contribution in [0, 0.1) is 5.41 Å². The molecule has 1 aliphatic heterocycles. The molecule has 1 atom stereocenters. The monoisotopic (exact) mass is 271 g/mol. The number of nitrogens with zero attached hydrogens (tertiary/aromatic N) is 2. The van der Waals surface area contributed by atoms with Gasteiger partial charge in [-0.3, -0.25) is 9.69 Å². The second kappa shape index (κ2) is 6.23. The Morgan fingerprint density at radius 1 is 1.37 bits per heavy atom. The third-order valence-electron chi connectivity index (χ3n) is 3.72. The van der Waals surface area contributed by atoms with E-state index in [1.165, 1.54) is 0 Å². The second-order valence-electron chi connectivity index (χ2n) is 5.77. The van der Waals surface area contributed by atoms with Crippen molar-refractivity contribution >= 4 is 12.0 Å². The quantitative estimate of drug-likeness (QED) is 0.794. The summed E-state index contributed by atoms with van der Waals surface area (Å²) in [6.07, 6.45) is 0. The summed E-state index contributed by atoms with van der Waals surface area (Å²) in [6.45, 7) is 10.8. The fraction of sp³-hybridized carbons (Fsp3) is 0.846. The molecule has 1 saturated heterocycles. The summed E-state index contributed by atoms with van der Waals surface area (Å²) in [7, 11) is 0. The number of amides is 2. The van der Waals surface area contributed by atoms with Crippen LogP contribution in [-0.4, -0.2) is 65.7 Å². The summed E-state index contributed by atoms with van der Waals surface area (Å²) in [5.74, 6) is -0.906. The van der Waals surface area contributed by atoms with Gasteiger partial charge >= 0.3 is 12.0 Å². The van der Waals surface area contributed by atoms with Crippen molar-refractivity contribution in [2.45, 2.75) is 33.7 Å².